The maximum absolute atomic E-state index is 6.22. The zero-order valence-electron chi connectivity index (χ0n) is 18.5. The van der Waals surface area contributed by atoms with Crippen LogP contribution in [-0.2, 0) is 0 Å². The van der Waals surface area contributed by atoms with Crippen molar-refractivity contribution in [1.29, 1.82) is 0 Å². The van der Waals surface area contributed by atoms with E-state index < -0.39 is 0 Å². The van der Waals surface area contributed by atoms with Gasteiger partial charge in [0.2, 0.25) is 5.89 Å². The van der Waals surface area contributed by atoms with Crippen LogP contribution in [0.3, 0.4) is 0 Å². The van der Waals surface area contributed by atoms with Crippen molar-refractivity contribution in [1.82, 2.24) is 4.98 Å². The highest BCUT2D eigenvalue weighted by molar-refractivity contribution is 5.84. The zero-order valence-corrected chi connectivity index (χ0v) is 18.5. The molecule has 2 nitrogen and oxygen atoms in total. The van der Waals surface area contributed by atoms with Crippen LogP contribution in [0.25, 0.3) is 11.1 Å². The molecule has 2 heteroatoms. The molecule has 1 saturated carbocycles. The van der Waals surface area contributed by atoms with Gasteiger partial charge in [0.1, 0.15) is 5.69 Å². The molecule has 4 rings (SSSR count). The summed E-state index contributed by atoms with van der Waals surface area (Å²) in [6.07, 6.45) is 19.1. The van der Waals surface area contributed by atoms with Crippen LogP contribution in [0.4, 0.5) is 0 Å². The van der Waals surface area contributed by atoms with Crippen LogP contribution in [0, 0.1) is 17.8 Å². The molecule has 0 spiro atoms. The molecule has 4 unspecified atom stereocenters. The van der Waals surface area contributed by atoms with Crippen LogP contribution in [0.5, 0.6) is 0 Å². The van der Waals surface area contributed by atoms with Gasteiger partial charge in [-0.1, -0.05) is 84.1 Å². The minimum absolute atomic E-state index is 0.119. The van der Waals surface area contributed by atoms with E-state index in [1.165, 1.54) is 17.6 Å². The lowest BCUT2D eigenvalue weighted by molar-refractivity contribution is 0.475. The number of fused-ring (bicyclic) bond motifs is 1. The third-order valence-corrected chi connectivity index (χ3v) is 5.31. The predicted molar refractivity (Wildman–Crippen MR) is 122 cm³/mol. The van der Waals surface area contributed by atoms with E-state index in [1.54, 1.807) is 0 Å². The SMILES string of the molecule is C=CC(C)c1nc(C2=CCC(C)CC=C2)c(C2=CC3CC3C=C2)o1.CC.CC. The molecule has 0 aliphatic heterocycles. The number of aromatic nitrogens is 1. The Balaban J connectivity index is 0.000000660. The lowest BCUT2D eigenvalue weighted by Crippen LogP contribution is -1.93. The van der Waals surface area contributed by atoms with Gasteiger partial charge in [-0.2, -0.15) is 0 Å². The van der Waals surface area contributed by atoms with Crippen molar-refractivity contribution in [3.63, 3.8) is 0 Å². The summed E-state index contributed by atoms with van der Waals surface area (Å²) in [6.45, 7) is 16.3. The van der Waals surface area contributed by atoms with Crippen molar-refractivity contribution in [2.24, 2.45) is 17.8 Å². The molecule has 1 aromatic heterocycles. The number of hydrogen-bond acceptors (Lipinski definition) is 2. The van der Waals surface area contributed by atoms with Gasteiger partial charge in [-0.05, 0) is 42.6 Å². The average Bonchev–Trinajstić information content (AvgIpc) is 3.45. The van der Waals surface area contributed by atoms with Gasteiger partial charge in [-0.3, -0.25) is 0 Å². The Morgan fingerprint density at radius 1 is 1.11 bits per heavy atom. The van der Waals surface area contributed by atoms with Crippen LogP contribution in [0.15, 0.2) is 53.5 Å². The van der Waals surface area contributed by atoms with Crippen LogP contribution >= 0.6 is 0 Å². The Bertz CT molecular complexity index is 774. The van der Waals surface area contributed by atoms with E-state index in [0.29, 0.717) is 11.8 Å². The van der Waals surface area contributed by atoms with Gasteiger partial charge in [0.25, 0.3) is 0 Å². The van der Waals surface area contributed by atoms with E-state index >= 15 is 0 Å². The Morgan fingerprint density at radius 2 is 1.86 bits per heavy atom. The van der Waals surface area contributed by atoms with E-state index in [1.807, 2.05) is 33.8 Å². The fourth-order valence-electron chi connectivity index (χ4n) is 3.43. The highest BCUT2D eigenvalue weighted by atomic mass is 16.4. The second-order valence-corrected chi connectivity index (χ2v) is 7.44. The highest BCUT2D eigenvalue weighted by Crippen LogP contribution is 2.47. The Labute approximate surface area is 171 Å². The van der Waals surface area contributed by atoms with Crippen molar-refractivity contribution in [2.75, 3.05) is 0 Å². The summed E-state index contributed by atoms with van der Waals surface area (Å²) in [6, 6.07) is 0. The van der Waals surface area contributed by atoms with Gasteiger partial charge in [0, 0.05) is 5.57 Å². The minimum Gasteiger partial charge on any atom is -0.439 e. The molecule has 0 bridgehead atoms. The minimum atomic E-state index is 0.119. The Kier molecular flexibility index (Phi) is 8.29. The predicted octanol–water partition coefficient (Wildman–Crippen LogP) is 7.98. The van der Waals surface area contributed by atoms with E-state index in [2.05, 4.69) is 56.9 Å². The van der Waals surface area contributed by atoms with E-state index in [9.17, 15) is 0 Å². The summed E-state index contributed by atoms with van der Waals surface area (Å²) < 4.78 is 6.22. The molecular formula is C26H37NO. The Morgan fingerprint density at radius 3 is 2.54 bits per heavy atom. The fourth-order valence-corrected chi connectivity index (χ4v) is 3.43. The summed E-state index contributed by atoms with van der Waals surface area (Å²) in [5.74, 6) is 3.93. The first-order valence-corrected chi connectivity index (χ1v) is 11.1. The number of nitrogens with zero attached hydrogens (tertiary/aromatic N) is 1. The summed E-state index contributed by atoms with van der Waals surface area (Å²) in [5, 5.41) is 0. The smallest absolute Gasteiger partial charge is 0.202 e. The molecule has 0 radical (unpaired) electrons. The summed E-state index contributed by atoms with van der Waals surface area (Å²) in [5.41, 5.74) is 3.36. The number of hydrogen-bond donors (Lipinski definition) is 0. The van der Waals surface area contributed by atoms with Crippen molar-refractivity contribution < 1.29 is 4.42 Å². The maximum atomic E-state index is 6.22. The lowest BCUT2D eigenvalue weighted by atomic mass is 10.00. The van der Waals surface area contributed by atoms with Gasteiger partial charge < -0.3 is 4.42 Å². The molecule has 28 heavy (non-hydrogen) atoms. The molecule has 3 aliphatic carbocycles. The normalized spacial score (nSPS) is 25.6. The topological polar surface area (TPSA) is 26.0 Å². The van der Waals surface area contributed by atoms with Crippen LogP contribution in [0.2, 0.25) is 0 Å². The first-order valence-electron chi connectivity index (χ1n) is 11.1. The van der Waals surface area contributed by atoms with E-state index in [0.717, 1.165) is 36.1 Å². The van der Waals surface area contributed by atoms with Gasteiger partial charge in [-0.25, -0.2) is 4.98 Å². The number of rotatable bonds is 4. The monoisotopic (exact) mass is 379 g/mol. The standard InChI is InChI=1S/C22H25NO.2C2H6/c1-4-15(3)22-23-20(16-7-5-6-14(2)8-9-16)21(24-22)18-11-10-17-12-19(17)13-18;2*1-2/h4-5,7,9-11,13-15,17,19H,1,6,8,12H2,2-3H3;2*1-2H3. The van der Waals surface area contributed by atoms with Gasteiger partial charge in [-0.15, -0.1) is 6.58 Å². The largest absolute Gasteiger partial charge is 0.439 e. The summed E-state index contributed by atoms with van der Waals surface area (Å²) >= 11 is 0. The van der Waals surface area contributed by atoms with Crippen molar-refractivity contribution >= 4 is 11.1 Å². The molecule has 1 heterocycles. The summed E-state index contributed by atoms with van der Waals surface area (Å²) in [4.78, 5) is 4.85. The molecule has 4 atom stereocenters. The Hall–Kier alpha value is -2.09. The molecule has 0 aromatic carbocycles. The fraction of sp³-hybridized carbons (Fsp3) is 0.500. The second-order valence-electron chi connectivity index (χ2n) is 7.44. The molecule has 0 saturated heterocycles. The first kappa shape index (κ1) is 22.2. The number of oxazole rings is 1. The third kappa shape index (κ3) is 5.04. The molecule has 0 amide bonds. The first-order chi connectivity index (χ1) is 13.7. The number of allylic oxidation sites excluding steroid dienone is 9. The quantitative estimate of drug-likeness (QED) is 0.496. The lowest BCUT2D eigenvalue weighted by Gasteiger charge is -2.06. The van der Waals surface area contributed by atoms with Gasteiger partial charge in [0.15, 0.2) is 5.76 Å². The highest BCUT2D eigenvalue weighted by Gasteiger charge is 2.36. The maximum Gasteiger partial charge on any atom is 0.202 e. The average molecular weight is 380 g/mol. The second kappa shape index (κ2) is 10.5. The van der Waals surface area contributed by atoms with Crippen molar-refractivity contribution in [3.8, 4) is 0 Å². The van der Waals surface area contributed by atoms with Gasteiger partial charge >= 0.3 is 0 Å². The van der Waals surface area contributed by atoms with Crippen LogP contribution < -0.4 is 0 Å². The molecule has 1 aromatic rings. The van der Waals surface area contributed by atoms with E-state index in [4.69, 9.17) is 9.40 Å². The molecule has 3 aliphatic rings. The van der Waals surface area contributed by atoms with Crippen molar-refractivity contribution in [2.45, 2.75) is 66.7 Å². The third-order valence-electron chi connectivity index (χ3n) is 5.31. The van der Waals surface area contributed by atoms with Crippen molar-refractivity contribution in [3.05, 3.63) is 66.5 Å². The van der Waals surface area contributed by atoms with E-state index in [-0.39, 0.29) is 5.92 Å². The summed E-state index contributed by atoms with van der Waals surface area (Å²) in [7, 11) is 0. The van der Waals surface area contributed by atoms with Crippen LogP contribution in [0.1, 0.15) is 84.1 Å². The zero-order chi connectivity index (χ0) is 20.7. The van der Waals surface area contributed by atoms with Crippen LogP contribution in [-0.4, -0.2) is 4.98 Å². The van der Waals surface area contributed by atoms with Gasteiger partial charge in [0.05, 0.1) is 5.92 Å². The molecular weight excluding hydrogens is 342 g/mol. The molecule has 0 N–H and O–H groups in total. The molecule has 152 valence electrons. The molecule has 1 fully saturated rings.